The van der Waals surface area contributed by atoms with E-state index >= 15 is 0 Å². The van der Waals surface area contributed by atoms with Gasteiger partial charge in [-0.15, -0.1) is 10.2 Å². The molecule has 3 rings (SSSR count). The molecule has 1 heterocycles. The standard InChI is InChI=1S/C20H22N4O5S2/c1-13-8-10-15(11-9-13)18(25)21-19-22-23-20(30-19)31(26,27)24-14(2)12-29-17-7-5-4-6-16(17)28-3/h4-11,14,24H,12H2,1-3H3,(H,21,22,25)/t14-/m1/s1. The second-order valence-corrected chi connectivity index (χ2v) is 9.54. The number of para-hydroxylation sites is 2. The zero-order valence-electron chi connectivity index (χ0n) is 17.2. The van der Waals surface area contributed by atoms with E-state index in [1.165, 1.54) is 7.11 Å². The lowest BCUT2D eigenvalue weighted by atomic mass is 10.1. The third-order valence-electron chi connectivity index (χ3n) is 4.08. The van der Waals surface area contributed by atoms with Crippen LogP contribution in [-0.2, 0) is 10.0 Å². The van der Waals surface area contributed by atoms with Crippen molar-refractivity contribution in [2.45, 2.75) is 24.2 Å². The highest BCUT2D eigenvalue weighted by Gasteiger charge is 2.23. The Kier molecular flexibility index (Phi) is 7.21. The Morgan fingerprint density at radius 1 is 1.10 bits per heavy atom. The number of aryl methyl sites for hydroxylation is 1. The van der Waals surface area contributed by atoms with Gasteiger partial charge in [-0.1, -0.05) is 41.2 Å². The molecule has 2 aromatic carbocycles. The van der Waals surface area contributed by atoms with E-state index in [1.54, 1.807) is 37.3 Å². The van der Waals surface area contributed by atoms with Crippen LogP contribution in [0.2, 0.25) is 0 Å². The number of rotatable bonds is 9. The molecule has 164 valence electrons. The van der Waals surface area contributed by atoms with E-state index in [0.717, 1.165) is 16.9 Å². The van der Waals surface area contributed by atoms with Gasteiger partial charge in [0.1, 0.15) is 6.61 Å². The molecule has 0 saturated heterocycles. The molecular formula is C20H22N4O5S2. The number of carbonyl (C=O) groups excluding carboxylic acids is 1. The van der Waals surface area contributed by atoms with Crippen LogP contribution in [0.15, 0.2) is 52.9 Å². The number of sulfonamides is 1. The molecule has 2 N–H and O–H groups in total. The van der Waals surface area contributed by atoms with Gasteiger partial charge in [0.25, 0.3) is 15.9 Å². The SMILES string of the molecule is COc1ccccc1OC[C@@H](C)NS(=O)(=O)c1nnc(NC(=O)c2ccc(C)cc2)s1. The molecule has 0 spiro atoms. The molecule has 11 heteroatoms. The van der Waals surface area contributed by atoms with Crippen LogP contribution >= 0.6 is 11.3 Å². The van der Waals surface area contributed by atoms with E-state index < -0.39 is 22.0 Å². The summed E-state index contributed by atoms with van der Waals surface area (Å²) in [6.07, 6.45) is 0. The Bertz CT molecular complexity index is 1150. The van der Waals surface area contributed by atoms with Gasteiger partial charge < -0.3 is 9.47 Å². The fourth-order valence-corrected chi connectivity index (χ4v) is 4.68. The molecule has 0 fully saturated rings. The number of hydrogen-bond donors (Lipinski definition) is 2. The average molecular weight is 463 g/mol. The largest absolute Gasteiger partial charge is 0.493 e. The fourth-order valence-electron chi connectivity index (χ4n) is 2.55. The summed E-state index contributed by atoms with van der Waals surface area (Å²) in [5.41, 5.74) is 1.46. The highest BCUT2D eigenvalue weighted by atomic mass is 32.2. The summed E-state index contributed by atoms with van der Waals surface area (Å²) in [5.74, 6) is 0.662. The smallest absolute Gasteiger partial charge is 0.270 e. The van der Waals surface area contributed by atoms with Crippen molar-refractivity contribution in [2.24, 2.45) is 0 Å². The molecule has 0 radical (unpaired) electrons. The normalized spacial score (nSPS) is 12.2. The first-order valence-corrected chi connectivity index (χ1v) is 11.6. The van der Waals surface area contributed by atoms with Crippen molar-refractivity contribution in [3.05, 3.63) is 59.7 Å². The summed E-state index contributed by atoms with van der Waals surface area (Å²) in [6, 6.07) is 13.5. The summed E-state index contributed by atoms with van der Waals surface area (Å²) < 4.78 is 38.3. The minimum absolute atomic E-state index is 0.0788. The number of anilines is 1. The molecule has 1 amide bonds. The maximum absolute atomic E-state index is 12.6. The number of methoxy groups -OCH3 is 1. The number of ether oxygens (including phenoxy) is 2. The van der Waals surface area contributed by atoms with Crippen LogP contribution in [0.4, 0.5) is 5.13 Å². The van der Waals surface area contributed by atoms with Crippen LogP contribution in [0.5, 0.6) is 11.5 Å². The van der Waals surface area contributed by atoms with Crippen LogP contribution in [0.25, 0.3) is 0 Å². The zero-order valence-corrected chi connectivity index (χ0v) is 18.8. The summed E-state index contributed by atoms with van der Waals surface area (Å²) in [5, 5.41) is 10.1. The van der Waals surface area contributed by atoms with Gasteiger partial charge in [0.05, 0.1) is 13.2 Å². The van der Waals surface area contributed by atoms with Gasteiger partial charge in [-0.05, 0) is 38.1 Å². The maximum Gasteiger partial charge on any atom is 0.270 e. The van der Waals surface area contributed by atoms with E-state index in [9.17, 15) is 13.2 Å². The Morgan fingerprint density at radius 2 is 1.77 bits per heavy atom. The zero-order chi connectivity index (χ0) is 22.4. The van der Waals surface area contributed by atoms with E-state index in [1.807, 2.05) is 25.1 Å². The molecule has 0 bridgehead atoms. The van der Waals surface area contributed by atoms with Gasteiger partial charge >= 0.3 is 0 Å². The van der Waals surface area contributed by atoms with Crippen LogP contribution in [-0.4, -0.2) is 44.3 Å². The first-order chi connectivity index (χ1) is 14.8. The molecule has 3 aromatic rings. The predicted octanol–water partition coefficient (Wildman–Crippen LogP) is 2.85. The maximum atomic E-state index is 12.6. The van der Waals surface area contributed by atoms with E-state index in [-0.39, 0.29) is 16.1 Å². The van der Waals surface area contributed by atoms with Crippen LogP contribution in [0.1, 0.15) is 22.8 Å². The van der Waals surface area contributed by atoms with Crippen molar-refractivity contribution in [1.82, 2.24) is 14.9 Å². The highest BCUT2D eigenvalue weighted by molar-refractivity contribution is 7.91. The summed E-state index contributed by atoms with van der Waals surface area (Å²) in [6.45, 7) is 3.66. The molecule has 0 aliphatic rings. The van der Waals surface area contributed by atoms with E-state index in [0.29, 0.717) is 17.1 Å². The summed E-state index contributed by atoms with van der Waals surface area (Å²) >= 11 is 0.763. The second kappa shape index (κ2) is 9.86. The van der Waals surface area contributed by atoms with Gasteiger partial charge in [-0.25, -0.2) is 13.1 Å². The van der Waals surface area contributed by atoms with Crippen LogP contribution in [0, 0.1) is 6.92 Å². The van der Waals surface area contributed by atoms with E-state index in [4.69, 9.17) is 9.47 Å². The number of aromatic nitrogens is 2. The molecular weight excluding hydrogens is 440 g/mol. The van der Waals surface area contributed by atoms with Crippen molar-refractivity contribution in [3.63, 3.8) is 0 Å². The van der Waals surface area contributed by atoms with Crippen molar-refractivity contribution in [1.29, 1.82) is 0 Å². The fraction of sp³-hybridized carbons (Fsp3) is 0.250. The minimum Gasteiger partial charge on any atom is -0.493 e. The Labute approximate surface area is 184 Å². The third kappa shape index (κ3) is 6.00. The number of benzene rings is 2. The van der Waals surface area contributed by atoms with Gasteiger partial charge in [-0.2, -0.15) is 0 Å². The van der Waals surface area contributed by atoms with Crippen LogP contribution in [0.3, 0.4) is 0 Å². The molecule has 0 aliphatic carbocycles. The highest BCUT2D eigenvalue weighted by Crippen LogP contribution is 2.26. The van der Waals surface area contributed by atoms with E-state index in [2.05, 4.69) is 20.2 Å². The monoisotopic (exact) mass is 462 g/mol. The van der Waals surface area contributed by atoms with Gasteiger partial charge in [0.15, 0.2) is 11.5 Å². The topological polar surface area (TPSA) is 120 Å². The minimum atomic E-state index is -3.93. The predicted molar refractivity (Wildman–Crippen MR) is 117 cm³/mol. The first-order valence-electron chi connectivity index (χ1n) is 9.28. The quantitative estimate of drug-likeness (QED) is 0.469. The summed E-state index contributed by atoms with van der Waals surface area (Å²) in [4.78, 5) is 12.3. The molecule has 1 aromatic heterocycles. The molecule has 1 atom stereocenters. The Morgan fingerprint density at radius 3 is 2.45 bits per heavy atom. The molecule has 31 heavy (non-hydrogen) atoms. The first kappa shape index (κ1) is 22.7. The molecule has 0 saturated carbocycles. The van der Waals surface area contributed by atoms with Crippen molar-refractivity contribution >= 4 is 32.4 Å². The molecule has 0 unspecified atom stereocenters. The van der Waals surface area contributed by atoms with Gasteiger partial charge in [0, 0.05) is 5.56 Å². The number of amides is 1. The average Bonchev–Trinajstić information content (AvgIpc) is 3.22. The summed E-state index contributed by atoms with van der Waals surface area (Å²) in [7, 11) is -2.41. The Balaban J connectivity index is 1.59. The van der Waals surface area contributed by atoms with Gasteiger partial charge in [-0.3, -0.25) is 10.1 Å². The lowest BCUT2D eigenvalue weighted by Gasteiger charge is -2.15. The Hall–Kier alpha value is -3.02. The number of nitrogens with one attached hydrogen (secondary N) is 2. The third-order valence-corrected chi connectivity index (χ3v) is 6.88. The van der Waals surface area contributed by atoms with Gasteiger partial charge in [0.2, 0.25) is 9.47 Å². The van der Waals surface area contributed by atoms with Crippen molar-refractivity contribution < 1.29 is 22.7 Å². The lowest BCUT2D eigenvalue weighted by molar-refractivity contribution is 0.102. The van der Waals surface area contributed by atoms with Crippen molar-refractivity contribution in [3.8, 4) is 11.5 Å². The second-order valence-electron chi connectivity index (χ2n) is 6.68. The molecule has 9 nitrogen and oxygen atoms in total. The lowest BCUT2D eigenvalue weighted by Crippen LogP contribution is -2.36. The number of hydrogen-bond acceptors (Lipinski definition) is 8. The van der Waals surface area contributed by atoms with Crippen molar-refractivity contribution in [2.75, 3.05) is 19.0 Å². The number of carbonyl (C=O) groups is 1. The number of nitrogens with zero attached hydrogens (tertiary/aromatic N) is 2. The molecule has 0 aliphatic heterocycles. The van der Waals surface area contributed by atoms with Crippen LogP contribution < -0.4 is 19.5 Å².